The van der Waals surface area contributed by atoms with E-state index in [0.717, 1.165) is 11.1 Å². The molecule has 25 heavy (non-hydrogen) atoms. The number of amides is 1. The number of hydrogen-bond acceptors (Lipinski definition) is 3. The molecule has 0 aliphatic carbocycles. The predicted octanol–water partition coefficient (Wildman–Crippen LogP) is 2.47. The Bertz CT molecular complexity index is 836. The van der Waals surface area contributed by atoms with Gasteiger partial charge in [-0.25, -0.2) is 0 Å². The zero-order chi connectivity index (χ0) is 17.3. The molecule has 0 radical (unpaired) electrons. The average Bonchev–Trinajstić information content (AvgIpc) is 2.55. The van der Waals surface area contributed by atoms with Gasteiger partial charge in [-0.15, -0.1) is 12.4 Å². The lowest BCUT2D eigenvalue weighted by Crippen LogP contribution is -2.45. The van der Waals surface area contributed by atoms with Gasteiger partial charge < -0.3 is 15.6 Å². The van der Waals surface area contributed by atoms with E-state index in [4.69, 9.17) is 0 Å². The van der Waals surface area contributed by atoms with E-state index in [9.17, 15) is 22.8 Å². The van der Waals surface area contributed by atoms with E-state index in [2.05, 4.69) is 10.6 Å². The van der Waals surface area contributed by atoms with Crippen LogP contribution in [0, 0.1) is 0 Å². The fourth-order valence-corrected chi connectivity index (χ4v) is 2.60. The van der Waals surface area contributed by atoms with Crippen LogP contribution in [0.3, 0.4) is 0 Å². The summed E-state index contributed by atoms with van der Waals surface area (Å²) in [6.07, 6.45) is -3.63. The minimum atomic E-state index is -4.61. The molecule has 2 heterocycles. The van der Waals surface area contributed by atoms with Gasteiger partial charge in [-0.05, 0) is 23.6 Å². The first-order valence-electron chi connectivity index (χ1n) is 7.25. The Hall–Kier alpha value is -2.32. The maximum Gasteiger partial charge on any atom is 0.417 e. The predicted molar refractivity (Wildman–Crippen MR) is 88.7 cm³/mol. The molecule has 1 aromatic heterocycles. The van der Waals surface area contributed by atoms with Gasteiger partial charge in [0.2, 0.25) is 5.91 Å². The number of nitrogens with one attached hydrogen (secondary N) is 3. The Morgan fingerprint density at radius 3 is 2.56 bits per heavy atom. The second kappa shape index (κ2) is 7.28. The monoisotopic (exact) mass is 373 g/mol. The van der Waals surface area contributed by atoms with Gasteiger partial charge in [-0.3, -0.25) is 9.59 Å². The van der Waals surface area contributed by atoms with Crippen LogP contribution in [0.2, 0.25) is 0 Å². The standard InChI is InChI=1S/C16H14F3N3O2.ClH/c17-16(18,19)11-6-13(14(23)21-8-11)22-15(24)12-5-9-3-1-2-4-10(9)7-20-12;/h1-4,6,8,12,20H,5,7H2,(H,21,23)(H,22,24);1H. The van der Waals surface area contributed by atoms with Gasteiger partial charge in [-0.2, -0.15) is 13.2 Å². The van der Waals surface area contributed by atoms with Crippen molar-refractivity contribution in [1.29, 1.82) is 0 Å². The first-order chi connectivity index (χ1) is 11.3. The smallest absolute Gasteiger partial charge is 0.327 e. The largest absolute Gasteiger partial charge is 0.417 e. The molecule has 9 heteroatoms. The summed E-state index contributed by atoms with van der Waals surface area (Å²) >= 11 is 0. The van der Waals surface area contributed by atoms with Gasteiger partial charge in [0.15, 0.2) is 0 Å². The van der Waals surface area contributed by atoms with Gasteiger partial charge in [0, 0.05) is 12.7 Å². The molecular formula is C16H15ClF3N3O2. The van der Waals surface area contributed by atoms with E-state index < -0.39 is 34.9 Å². The fourth-order valence-electron chi connectivity index (χ4n) is 2.60. The van der Waals surface area contributed by atoms with Crippen LogP contribution in [-0.2, 0) is 23.9 Å². The van der Waals surface area contributed by atoms with E-state index >= 15 is 0 Å². The van der Waals surface area contributed by atoms with Crippen molar-refractivity contribution in [2.24, 2.45) is 0 Å². The van der Waals surface area contributed by atoms with Crippen molar-refractivity contribution in [3.63, 3.8) is 0 Å². The normalized spacial score (nSPS) is 16.5. The van der Waals surface area contributed by atoms with Crippen molar-refractivity contribution in [2.75, 3.05) is 5.32 Å². The number of aromatic amines is 1. The van der Waals surface area contributed by atoms with E-state index in [1.54, 1.807) is 0 Å². The summed E-state index contributed by atoms with van der Waals surface area (Å²) in [6.45, 7) is 0.479. The molecule has 1 unspecified atom stereocenters. The molecule has 3 rings (SSSR count). The molecular weight excluding hydrogens is 359 g/mol. The third-order valence-electron chi connectivity index (χ3n) is 3.89. The molecule has 1 aromatic carbocycles. The molecule has 5 nitrogen and oxygen atoms in total. The number of anilines is 1. The molecule has 1 atom stereocenters. The number of rotatable bonds is 2. The number of carbonyl (C=O) groups excluding carboxylic acids is 1. The van der Waals surface area contributed by atoms with Crippen LogP contribution in [0.1, 0.15) is 16.7 Å². The van der Waals surface area contributed by atoms with E-state index in [1.165, 1.54) is 0 Å². The first-order valence-corrected chi connectivity index (χ1v) is 7.25. The molecule has 1 aliphatic heterocycles. The van der Waals surface area contributed by atoms with Crippen molar-refractivity contribution in [3.8, 4) is 0 Å². The lowest BCUT2D eigenvalue weighted by molar-refractivity contribution is -0.137. The van der Waals surface area contributed by atoms with Crippen LogP contribution >= 0.6 is 12.4 Å². The summed E-state index contributed by atoms with van der Waals surface area (Å²) in [4.78, 5) is 25.9. The molecule has 0 fully saturated rings. The maximum atomic E-state index is 12.7. The summed E-state index contributed by atoms with van der Waals surface area (Å²) in [5.74, 6) is -0.547. The number of benzene rings is 1. The van der Waals surface area contributed by atoms with E-state index in [0.29, 0.717) is 25.2 Å². The molecule has 1 aliphatic rings. The zero-order valence-electron chi connectivity index (χ0n) is 12.8. The molecule has 2 aromatic rings. The highest BCUT2D eigenvalue weighted by molar-refractivity contribution is 5.95. The number of carbonyl (C=O) groups is 1. The number of alkyl halides is 3. The third kappa shape index (κ3) is 4.21. The van der Waals surface area contributed by atoms with Crippen molar-refractivity contribution in [3.05, 3.63) is 63.6 Å². The number of halogens is 4. The molecule has 0 spiro atoms. The second-order valence-corrected chi connectivity index (χ2v) is 5.52. The quantitative estimate of drug-likeness (QED) is 0.757. The number of fused-ring (bicyclic) bond motifs is 1. The first kappa shape index (κ1) is 19.0. The minimum Gasteiger partial charge on any atom is -0.327 e. The van der Waals surface area contributed by atoms with Crippen LogP contribution < -0.4 is 16.2 Å². The molecule has 134 valence electrons. The molecule has 1 amide bonds. The lowest BCUT2D eigenvalue weighted by atomic mass is 9.95. The topological polar surface area (TPSA) is 74.0 Å². The minimum absolute atomic E-state index is 0. The van der Waals surface area contributed by atoms with Crippen molar-refractivity contribution < 1.29 is 18.0 Å². The third-order valence-corrected chi connectivity index (χ3v) is 3.89. The highest BCUT2D eigenvalue weighted by Gasteiger charge is 2.32. The Morgan fingerprint density at radius 2 is 1.88 bits per heavy atom. The van der Waals surface area contributed by atoms with Crippen molar-refractivity contribution in [1.82, 2.24) is 10.3 Å². The number of aromatic nitrogens is 1. The Labute approximate surface area is 147 Å². The Morgan fingerprint density at radius 1 is 1.20 bits per heavy atom. The summed E-state index contributed by atoms with van der Waals surface area (Å²) in [6, 6.07) is 7.60. The summed E-state index contributed by atoms with van der Waals surface area (Å²) in [7, 11) is 0. The lowest BCUT2D eigenvalue weighted by Gasteiger charge is -2.25. The van der Waals surface area contributed by atoms with Crippen LogP contribution in [0.25, 0.3) is 0 Å². The van der Waals surface area contributed by atoms with Crippen LogP contribution in [0.15, 0.2) is 41.3 Å². The summed E-state index contributed by atoms with van der Waals surface area (Å²) in [5.41, 5.74) is -0.171. The van der Waals surface area contributed by atoms with Crippen LogP contribution in [0.4, 0.5) is 18.9 Å². The average molecular weight is 374 g/mol. The Kier molecular flexibility index (Phi) is 5.54. The van der Waals surface area contributed by atoms with E-state index in [1.807, 2.05) is 29.2 Å². The molecule has 0 saturated carbocycles. The van der Waals surface area contributed by atoms with Crippen LogP contribution in [0.5, 0.6) is 0 Å². The van der Waals surface area contributed by atoms with Gasteiger partial charge in [0.05, 0.1) is 11.6 Å². The molecule has 0 saturated heterocycles. The number of H-pyrrole nitrogens is 1. The van der Waals surface area contributed by atoms with Crippen LogP contribution in [-0.4, -0.2) is 16.9 Å². The van der Waals surface area contributed by atoms with E-state index in [-0.39, 0.29) is 12.4 Å². The second-order valence-electron chi connectivity index (χ2n) is 5.52. The molecule has 3 N–H and O–H groups in total. The maximum absolute atomic E-state index is 12.7. The van der Waals surface area contributed by atoms with Gasteiger partial charge in [-0.1, -0.05) is 24.3 Å². The molecule has 0 bridgehead atoms. The number of pyridine rings is 1. The highest BCUT2D eigenvalue weighted by atomic mass is 35.5. The highest BCUT2D eigenvalue weighted by Crippen LogP contribution is 2.29. The SMILES string of the molecule is Cl.O=C(Nc1cc(C(F)(F)F)c[nH]c1=O)C1Cc2ccccc2CN1. The fraction of sp³-hybridized carbons (Fsp3) is 0.250. The zero-order valence-corrected chi connectivity index (χ0v) is 13.6. The van der Waals surface area contributed by atoms with Gasteiger partial charge in [0.1, 0.15) is 5.69 Å². The summed E-state index contributed by atoms with van der Waals surface area (Å²) in [5, 5.41) is 5.29. The number of hydrogen-bond donors (Lipinski definition) is 3. The van der Waals surface area contributed by atoms with Crippen molar-refractivity contribution in [2.45, 2.75) is 25.2 Å². The van der Waals surface area contributed by atoms with Gasteiger partial charge >= 0.3 is 6.18 Å². The Balaban J connectivity index is 0.00000225. The summed E-state index contributed by atoms with van der Waals surface area (Å²) < 4.78 is 38.1. The van der Waals surface area contributed by atoms with Crippen molar-refractivity contribution >= 4 is 24.0 Å². The van der Waals surface area contributed by atoms with Gasteiger partial charge in [0.25, 0.3) is 5.56 Å².